The number of carbonyl (C=O) groups excluding carboxylic acids is 1. The van der Waals surface area contributed by atoms with Crippen molar-refractivity contribution in [1.82, 2.24) is 10.0 Å². The van der Waals surface area contributed by atoms with Gasteiger partial charge in [-0.25, -0.2) is 13.1 Å². The number of piperidine rings is 1. The highest BCUT2D eigenvalue weighted by Gasteiger charge is 2.31. The van der Waals surface area contributed by atoms with Crippen LogP contribution in [0.25, 0.3) is 0 Å². The summed E-state index contributed by atoms with van der Waals surface area (Å²) in [6.45, 7) is 0.421. The van der Waals surface area contributed by atoms with E-state index in [0.29, 0.717) is 19.4 Å². The van der Waals surface area contributed by atoms with E-state index in [9.17, 15) is 13.2 Å². The van der Waals surface area contributed by atoms with Gasteiger partial charge < -0.3 is 5.32 Å². The fraction of sp³-hybridized carbons (Fsp3) is 0.900. The van der Waals surface area contributed by atoms with Crippen molar-refractivity contribution in [1.29, 1.82) is 0 Å². The first kappa shape index (κ1) is 11.9. The molecule has 0 aromatic heterocycles. The lowest BCUT2D eigenvalue weighted by atomic mass is 10.1. The van der Waals surface area contributed by atoms with Crippen LogP contribution in [0.3, 0.4) is 0 Å². The van der Waals surface area contributed by atoms with Crippen molar-refractivity contribution in [3.8, 4) is 0 Å². The summed E-state index contributed by atoms with van der Waals surface area (Å²) < 4.78 is 26.6. The Hall–Kier alpha value is -0.620. The van der Waals surface area contributed by atoms with Crippen LogP contribution in [-0.4, -0.2) is 32.2 Å². The minimum atomic E-state index is -3.18. The predicted molar refractivity (Wildman–Crippen MR) is 60.3 cm³/mol. The smallest absolute Gasteiger partial charge is 0.220 e. The van der Waals surface area contributed by atoms with Gasteiger partial charge in [-0.15, -0.1) is 0 Å². The third-order valence-corrected chi connectivity index (χ3v) is 5.35. The van der Waals surface area contributed by atoms with Crippen molar-refractivity contribution in [3.05, 3.63) is 0 Å². The molecule has 0 aromatic carbocycles. The van der Waals surface area contributed by atoms with Crippen molar-refractivity contribution >= 4 is 15.9 Å². The molecular formula is C10H18N2O3S. The summed E-state index contributed by atoms with van der Waals surface area (Å²) in [7, 11) is -3.18. The minimum absolute atomic E-state index is 0.0105. The summed E-state index contributed by atoms with van der Waals surface area (Å²) in [6, 6.07) is -0.122. The minimum Gasteiger partial charge on any atom is -0.355 e. The number of amides is 1. The zero-order valence-electron chi connectivity index (χ0n) is 9.24. The molecular weight excluding hydrogens is 228 g/mol. The first-order valence-corrected chi connectivity index (χ1v) is 7.40. The Kier molecular flexibility index (Phi) is 3.49. The fourth-order valence-corrected chi connectivity index (χ4v) is 4.17. The van der Waals surface area contributed by atoms with Gasteiger partial charge in [0.05, 0.1) is 5.25 Å². The summed E-state index contributed by atoms with van der Waals surface area (Å²) in [4.78, 5) is 10.9. The maximum absolute atomic E-state index is 12.0. The topological polar surface area (TPSA) is 75.3 Å². The number of hydrogen-bond donors (Lipinski definition) is 2. The van der Waals surface area contributed by atoms with Crippen LogP contribution >= 0.6 is 0 Å². The molecule has 92 valence electrons. The van der Waals surface area contributed by atoms with E-state index in [2.05, 4.69) is 10.0 Å². The average Bonchev–Trinajstić information content (AvgIpc) is 2.75. The Morgan fingerprint density at radius 3 is 2.44 bits per heavy atom. The van der Waals surface area contributed by atoms with Crippen molar-refractivity contribution < 1.29 is 13.2 Å². The van der Waals surface area contributed by atoms with Crippen LogP contribution in [0, 0.1) is 0 Å². The Morgan fingerprint density at radius 2 is 1.88 bits per heavy atom. The maximum atomic E-state index is 12.0. The lowest BCUT2D eigenvalue weighted by Gasteiger charge is -2.24. The van der Waals surface area contributed by atoms with Gasteiger partial charge in [0.1, 0.15) is 0 Å². The first-order chi connectivity index (χ1) is 7.58. The van der Waals surface area contributed by atoms with Crippen LogP contribution in [0.1, 0.15) is 38.5 Å². The van der Waals surface area contributed by atoms with Crippen molar-refractivity contribution in [2.24, 2.45) is 0 Å². The van der Waals surface area contributed by atoms with E-state index in [0.717, 1.165) is 25.7 Å². The van der Waals surface area contributed by atoms with Crippen LogP contribution < -0.4 is 10.0 Å². The zero-order chi connectivity index (χ0) is 11.6. The molecule has 1 heterocycles. The molecule has 0 aromatic rings. The van der Waals surface area contributed by atoms with Gasteiger partial charge >= 0.3 is 0 Å². The lowest BCUT2D eigenvalue weighted by Crippen LogP contribution is -2.49. The first-order valence-electron chi connectivity index (χ1n) is 5.86. The monoisotopic (exact) mass is 246 g/mol. The molecule has 5 nitrogen and oxygen atoms in total. The van der Waals surface area contributed by atoms with Crippen LogP contribution in [0.5, 0.6) is 0 Å². The van der Waals surface area contributed by atoms with Crippen molar-refractivity contribution in [2.45, 2.75) is 49.8 Å². The van der Waals surface area contributed by atoms with Crippen LogP contribution in [0.2, 0.25) is 0 Å². The van der Waals surface area contributed by atoms with Gasteiger partial charge in [0, 0.05) is 19.0 Å². The molecule has 1 atom stereocenters. The third-order valence-electron chi connectivity index (χ3n) is 3.34. The lowest BCUT2D eigenvalue weighted by molar-refractivity contribution is -0.122. The fourth-order valence-electron chi connectivity index (χ4n) is 2.36. The molecule has 2 rings (SSSR count). The summed E-state index contributed by atoms with van der Waals surface area (Å²) in [5.41, 5.74) is 0. The van der Waals surface area contributed by atoms with E-state index < -0.39 is 10.0 Å². The summed E-state index contributed by atoms with van der Waals surface area (Å²) in [5.74, 6) is 0.0105. The molecule has 1 saturated carbocycles. The van der Waals surface area contributed by atoms with E-state index in [-0.39, 0.29) is 17.2 Å². The molecule has 1 amide bonds. The van der Waals surface area contributed by atoms with Gasteiger partial charge in [0.25, 0.3) is 0 Å². The van der Waals surface area contributed by atoms with E-state index in [1.807, 2.05) is 0 Å². The van der Waals surface area contributed by atoms with Crippen LogP contribution in [0.4, 0.5) is 0 Å². The zero-order valence-corrected chi connectivity index (χ0v) is 10.1. The summed E-state index contributed by atoms with van der Waals surface area (Å²) in [5, 5.41) is 2.46. The highest BCUT2D eigenvalue weighted by molar-refractivity contribution is 7.90. The molecule has 2 fully saturated rings. The predicted octanol–water partition coefficient (Wildman–Crippen LogP) is 0.127. The van der Waals surface area contributed by atoms with Crippen LogP contribution in [-0.2, 0) is 14.8 Å². The second-order valence-electron chi connectivity index (χ2n) is 4.61. The SMILES string of the molecule is O=C1CCC(NS(=O)(=O)C2CCCC2)CN1. The van der Waals surface area contributed by atoms with Crippen molar-refractivity contribution in [3.63, 3.8) is 0 Å². The maximum Gasteiger partial charge on any atom is 0.220 e. The molecule has 1 aliphatic carbocycles. The van der Waals surface area contributed by atoms with E-state index >= 15 is 0 Å². The average molecular weight is 246 g/mol. The Balaban J connectivity index is 1.90. The standard InChI is InChI=1S/C10H18N2O3S/c13-10-6-5-8(7-11-10)12-16(14,15)9-3-1-2-4-9/h8-9,12H,1-7H2,(H,11,13). The van der Waals surface area contributed by atoms with Crippen molar-refractivity contribution in [2.75, 3.05) is 6.54 Å². The Morgan fingerprint density at radius 1 is 1.19 bits per heavy atom. The highest BCUT2D eigenvalue weighted by atomic mass is 32.2. The summed E-state index contributed by atoms with van der Waals surface area (Å²) in [6.07, 6.45) is 4.58. The molecule has 6 heteroatoms. The van der Waals surface area contributed by atoms with E-state index in [1.165, 1.54) is 0 Å². The highest BCUT2D eigenvalue weighted by Crippen LogP contribution is 2.24. The molecule has 0 radical (unpaired) electrons. The molecule has 1 unspecified atom stereocenters. The quantitative estimate of drug-likeness (QED) is 0.743. The number of hydrogen-bond acceptors (Lipinski definition) is 3. The normalized spacial score (nSPS) is 28.0. The number of sulfonamides is 1. The molecule has 0 spiro atoms. The molecule has 16 heavy (non-hydrogen) atoms. The Bertz CT molecular complexity index is 350. The Labute approximate surface area is 96.0 Å². The van der Waals surface area contributed by atoms with Gasteiger partial charge in [-0.1, -0.05) is 12.8 Å². The van der Waals surface area contributed by atoms with Gasteiger partial charge in [-0.3, -0.25) is 4.79 Å². The van der Waals surface area contributed by atoms with E-state index in [4.69, 9.17) is 0 Å². The van der Waals surface area contributed by atoms with Gasteiger partial charge in [-0.05, 0) is 19.3 Å². The summed E-state index contributed by atoms with van der Waals surface area (Å²) >= 11 is 0. The second kappa shape index (κ2) is 4.71. The number of rotatable bonds is 3. The molecule has 1 aliphatic heterocycles. The van der Waals surface area contributed by atoms with Crippen LogP contribution in [0.15, 0.2) is 0 Å². The van der Waals surface area contributed by atoms with Gasteiger partial charge in [-0.2, -0.15) is 0 Å². The van der Waals surface area contributed by atoms with Gasteiger partial charge in [0.2, 0.25) is 15.9 Å². The third kappa shape index (κ3) is 2.74. The molecule has 1 saturated heterocycles. The number of nitrogens with one attached hydrogen (secondary N) is 2. The number of carbonyl (C=O) groups is 1. The molecule has 2 N–H and O–H groups in total. The van der Waals surface area contributed by atoms with E-state index in [1.54, 1.807) is 0 Å². The molecule has 2 aliphatic rings. The second-order valence-corrected chi connectivity index (χ2v) is 6.60. The van der Waals surface area contributed by atoms with Gasteiger partial charge in [0.15, 0.2) is 0 Å². The largest absolute Gasteiger partial charge is 0.355 e. The molecule has 0 bridgehead atoms.